The van der Waals surface area contributed by atoms with Crippen molar-refractivity contribution < 1.29 is 4.79 Å². The Labute approximate surface area is 134 Å². The van der Waals surface area contributed by atoms with Gasteiger partial charge in [-0.25, -0.2) is 0 Å². The standard InChI is InChI=1S/C16H16Cl2N2O/c1-10(11-6-4-3-5-7-11)20(2)16(21)13-8-12(19)9-14(17)15(13)18/h3-10H,19H2,1-2H3. The third-order valence-corrected chi connectivity index (χ3v) is 4.27. The average Bonchev–Trinajstić information content (AvgIpc) is 2.49. The lowest BCUT2D eigenvalue weighted by atomic mass is 10.1. The number of hydrogen-bond acceptors (Lipinski definition) is 2. The maximum Gasteiger partial charge on any atom is 0.255 e. The maximum absolute atomic E-state index is 12.6. The molecule has 0 fully saturated rings. The third-order valence-electron chi connectivity index (χ3n) is 3.46. The summed E-state index contributed by atoms with van der Waals surface area (Å²) in [7, 11) is 1.73. The molecule has 0 saturated heterocycles. The molecule has 0 aliphatic heterocycles. The number of carbonyl (C=O) groups excluding carboxylic acids is 1. The summed E-state index contributed by atoms with van der Waals surface area (Å²) in [5.74, 6) is -0.217. The number of hydrogen-bond donors (Lipinski definition) is 1. The summed E-state index contributed by atoms with van der Waals surface area (Å²) >= 11 is 12.1. The van der Waals surface area contributed by atoms with Gasteiger partial charge in [0, 0.05) is 12.7 Å². The van der Waals surface area contributed by atoms with Gasteiger partial charge in [0.15, 0.2) is 0 Å². The van der Waals surface area contributed by atoms with E-state index in [-0.39, 0.29) is 22.0 Å². The van der Waals surface area contributed by atoms with E-state index in [2.05, 4.69) is 0 Å². The zero-order chi connectivity index (χ0) is 15.6. The first kappa shape index (κ1) is 15.7. The van der Waals surface area contributed by atoms with E-state index in [0.717, 1.165) is 5.56 Å². The predicted octanol–water partition coefficient (Wildman–Crippen LogP) is 4.41. The van der Waals surface area contributed by atoms with Crippen molar-refractivity contribution >= 4 is 34.8 Å². The molecule has 2 aromatic rings. The van der Waals surface area contributed by atoms with E-state index in [9.17, 15) is 4.79 Å². The molecule has 2 N–H and O–H groups in total. The van der Waals surface area contributed by atoms with Crippen molar-refractivity contribution in [2.24, 2.45) is 0 Å². The fourth-order valence-electron chi connectivity index (χ4n) is 2.09. The molecule has 0 aliphatic rings. The Morgan fingerprint density at radius 2 is 1.81 bits per heavy atom. The minimum absolute atomic E-state index is 0.0880. The van der Waals surface area contributed by atoms with Crippen molar-refractivity contribution in [2.75, 3.05) is 12.8 Å². The van der Waals surface area contributed by atoms with Gasteiger partial charge < -0.3 is 10.6 Å². The number of amides is 1. The molecule has 0 radical (unpaired) electrons. The minimum Gasteiger partial charge on any atom is -0.399 e. The molecule has 0 spiro atoms. The SMILES string of the molecule is CC(c1ccccc1)N(C)C(=O)c1cc(N)cc(Cl)c1Cl. The van der Waals surface area contributed by atoms with Crippen LogP contribution < -0.4 is 5.73 Å². The number of benzene rings is 2. The Morgan fingerprint density at radius 1 is 1.19 bits per heavy atom. The quantitative estimate of drug-likeness (QED) is 0.851. The number of nitrogens with two attached hydrogens (primary N) is 1. The van der Waals surface area contributed by atoms with Gasteiger partial charge >= 0.3 is 0 Å². The molecule has 0 heterocycles. The molecule has 0 bridgehead atoms. The van der Waals surface area contributed by atoms with E-state index in [0.29, 0.717) is 11.3 Å². The molecule has 0 saturated carbocycles. The molecular weight excluding hydrogens is 307 g/mol. The van der Waals surface area contributed by atoms with Gasteiger partial charge in [-0.1, -0.05) is 53.5 Å². The monoisotopic (exact) mass is 322 g/mol. The summed E-state index contributed by atoms with van der Waals surface area (Å²) in [5, 5.41) is 0.503. The van der Waals surface area contributed by atoms with E-state index in [4.69, 9.17) is 28.9 Å². The van der Waals surface area contributed by atoms with Crippen LogP contribution in [-0.2, 0) is 0 Å². The van der Waals surface area contributed by atoms with Gasteiger partial charge in [-0.05, 0) is 24.6 Å². The zero-order valence-electron chi connectivity index (χ0n) is 11.8. The van der Waals surface area contributed by atoms with Crippen LogP contribution in [0, 0.1) is 0 Å². The van der Waals surface area contributed by atoms with Crippen LogP contribution in [0.1, 0.15) is 28.9 Å². The van der Waals surface area contributed by atoms with Crippen molar-refractivity contribution in [3.8, 4) is 0 Å². The van der Waals surface area contributed by atoms with Crippen molar-refractivity contribution in [3.63, 3.8) is 0 Å². The molecule has 3 nitrogen and oxygen atoms in total. The number of nitrogens with zero attached hydrogens (tertiary/aromatic N) is 1. The van der Waals surface area contributed by atoms with Crippen LogP contribution in [0.25, 0.3) is 0 Å². The van der Waals surface area contributed by atoms with Gasteiger partial charge in [-0.15, -0.1) is 0 Å². The molecule has 5 heteroatoms. The summed E-state index contributed by atoms with van der Waals surface area (Å²) in [6.45, 7) is 1.95. The average molecular weight is 323 g/mol. The fraction of sp³-hybridized carbons (Fsp3) is 0.188. The maximum atomic E-state index is 12.6. The Balaban J connectivity index is 2.32. The van der Waals surface area contributed by atoms with Gasteiger partial charge in [-0.3, -0.25) is 4.79 Å². The van der Waals surface area contributed by atoms with Crippen LogP contribution in [0.2, 0.25) is 10.0 Å². The van der Waals surface area contributed by atoms with Crippen LogP contribution in [0.4, 0.5) is 5.69 Å². The van der Waals surface area contributed by atoms with Gasteiger partial charge in [-0.2, -0.15) is 0 Å². The molecule has 1 amide bonds. The highest BCUT2D eigenvalue weighted by molar-refractivity contribution is 6.44. The van der Waals surface area contributed by atoms with Crippen LogP contribution in [0.15, 0.2) is 42.5 Å². The highest BCUT2D eigenvalue weighted by Gasteiger charge is 2.22. The van der Waals surface area contributed by atoms with Gasteiger partial charge in [0.05, 0.1) is 21.7 Å². The Hall–Kier alpha value is -1.71. The normalized spacial score (nSPS) is 12.0. The number of carbonyl (C=O) groups is 1. The summed E-state index contributed by atoms with van der Waals surface area (Å²) in [5.41, 5.74) is 7.50. The van der Waals surface area contributed by atoms with Crippen molar-refractivity contribution in [3.05, 3.63) is 63.6 Å². The van der Waals surface area contributed by atoms with E-state index in [1.54, 1.807) is 18.0 Å². The lowest BCUT2D eigenvalue weighted by molar-refractivity contribution is 0.0743. The summed E-state index contributed by atoms with van der Waals surface area (Å²) < 4.78 is 0. The third kappa shape index (κ3) is 3.31. The van der Waals surface area contributed by atoms with Gasteiger partial charge in [0.25, 0.3) is 5.91 Å². The second kappa shape index (κ2) is 6.37. The largest absolute Gasteiger partial charge is 0.399 e. The Kier molecular flexibility index (Phi) is 4.76. The summed E-state index contributed by atoms with van der Waals surface area (Å²) in [6, 6.07) is 12.8. The van der Waals surface area contributed by atoms with E-state index in [1.807, 2.05) is 37.3 Å². The predicted molar refractivity (Wildman–Crippen MR) is 87.8 cm³/mol. The fourth-order valence-corrected chi connectivity index (χ4v) is 2.50. The second-order valence-electron chi connectivity index (χ2n) is 4.87. The first-order chi connectivity index (χ1) is 9.91. The van der Waals surface area contributed by atoms with Crippen LogP contribution in [0.3, 0.4) is 0 Å². The van der Waals surface area contributed by atoms with Crippen molar-refractivity contribution in [1.82, 2.24) is 4.90 Å². The number of halogens is 2. The first-order valence-electron chi connectivity index (χ1n) is 6.48. The van der Waals surface area contributed by atoms with E-state index in [1.165, 1.54) is 6.07 Å². The highest BCUT2D eigenvalue weighted by atomic mass is 35.5. The topological polar surface area (TPSA) is 46.3 Å². The van der Waals surface area contributed by atoms with Crippen LogP contribution in [-0.4, -0.2) is 17.9 Å². The van der Waals surface area contributed by atoms with Crippen molar-refractivity contribution in [1.29, 1.82) is 0 Å². The molecule has 2 rings (SSSR count). The van der Waals surface area contributed by atoms with Crippen LogP contribution >= 0.6 is 23.2 Å². The van der Waals surface area contributed by atoms with Crippen molar-refractivity contribution in [2.45, 2.75) is 13.0 Å². The zero-order valence-corrected chi connectivity index (χ0v) is 13.3. The molecule has 21 heavy (non-hydrogen) atoms. The number of rotatable bonds is 3. The molecule has 110 valence electrons. The summed E-state index contributed by atoms with van der Waals surface area (Å²) in [6.07, 6.45) is 0. The Morgan fingerprint density at radius 3 is 2.43 bits per heavy atom. The lowest BCUT2D eigenvalue weighted by Crippen LogP contribution is -2.30. The van der Waals surface area contributed by atoms with Gasteiger partial charge in [0.2, 0.25) is 0 Å². The lowest BCUT2D eigenvalue weighted by Gasteiger charge is -2.26. The smallest absolute Gasteiger partial charge is 0.255 e. The van der Waals surface area contributed by atoms with Crippen LogP contribution in [0.5, 0.6) is 0 Å². The van der Waals surface area contributed by atoms with E-state index >= 15 is 0 Å². The molecular formula is C16H16Cl2N2O. The number of anilines is 1. The molecule has 2 aromatic carbocycles. The Bertz CT molecular complexity index is 659. The first-order valence-corrected chi connectivity index (χ1v) is 7.24. The molecule has 0 aliphatic carbocycles. The summed E-state index contributed by atoms with van der Waals surface area (Å²) in [4.78, 5) is 14.2. The molecule has 1 unspecified atom stereocenters. The molecule has 0 aromatic heterocycles. The second-order valence-corrected chi connectivity index (χ2v) is 5.65. The van der Waals surface area contributed by atoms with Gasteiger partial charge in [0.1, 0.15) is 0 Å². The van der Waals surface area contributed by atoms with E-state index < -0.39 is 0 Å². The molecule has 1 atom stereocenters. The minimum atomic E-state index is -0.217. The number of nitrogen functional groups attached to an aromatic ring is 1. The highest BCUT2D eigenvalue weighted by Crippen LogP contribution is 2.31.